The molecule has 2 N–H and O–H groups in total. The van der Waals surface area contributed by atoms with Crippen molar-refractivity contribution >= 4 is 17.4 Å². The number of methoxy groups -OCH3 is 1. The van der Waals surface area contributed by atoms with Gasteiger partial charge in [0.15, 0.2) is 0 Å². The van der Waals surface area contributed by atoms with Crippen molar-refractivity contribution in [1.29, 1.82) is 0 Å². The molecule has 0 saturated carbocycles. The highest BCUT2D eigenvalue weighted by molar-refractivity contribution is 6.33. The van der Waals surface area contributed by atoms with Gasteiger partial charge < -0.3 is 10.5 Å². The van der Waals surface area contributed by atoms with Crippen molar-refractivity contribution in [2.24, 2.45) is 5.73 Å². The molecule has 0 unspecified atom stereocenters. The molecule has 1 aromatic carbocycles. The number of amides is 2. The average molecular weight is 246 g/mol. The maximum atomic E-state index is 12.0. The summed E-state index contributed by atoms with van der Waals surface area (Å²) in [5.74, 6) is 0.0989. The van der Waals surface area contributed by atoms with Gasteiger partial charge in [-0.2, -0.15) is 0 Å². The zero-order valence-corrected chi connectivity index (χ0v) is 10.1. The van der Waals surface area contributed by atoms with E-state index in [0.29, 0.717) is 16.9 Å². The normalized spacial score (nSPS) is 15.0. The van der Waals surface area contributed by atoms with Crippen LogP contribution in [0.2, 0.25) is 0 Å². The summed E-state index contributed by atoms with van der Waals surface area (Å²) in [5, 5.41) is 0. The van der Waals surface area contributed by atoms with Gasteiger partial charge in [-0.25, -0.2) is 0 Å². The second kappa shape index (κ2) is 5.01. The number of ether oxygens (including phenoxy) is 1. The lowest BCUT2D eigenvalue weighted by molar-refractivity contribution is -0.136. The van der Waals surface area contributed by atoms with Gasteiger partial charge in [0.1, 0.15) is 5.75 Å². The van der Waals surface area contributed by atoms with E-state index in [2.05, 4.69) is 0 Å². The van der Waals surface area contributed by atoms with Crippen LogP contribution in [0.25, 0.3) is 5.57 Å². The number of hydrogen-bond acceptors (Lipinski definition) is 4. The van der Waals surface area contributed by atoms with Crippen molar-refractivity contribution in [2.75, 3.05) is 20.2 Å². The molecule has 94 valence electrons. The molecule has 1 heterocycles. The summed E-state index contributed by atoms with van der Waals surface area (Å²) in [6.45, 7) is 0.509. The van der Waals surface area contributed by atoms with Gasteiger partial charge in [-0.3, -0.25) is 14.5 Å². The predicted octanol–water partition coefficient (Wildman–Crippen LogP) is 0.406. The molecule has 0 aromatic heterocycles. The minimum atomic E-state index is -0.309. The lowest BCUT2D eigenvalue weighted by Crippen LogP contribution is -2.35. The van der Waals surface area contributed by atoms with Crippen molar-refractivity contribution < 1.29 is 14.3 Å². The summed E-state index contributed by atoms with van der Waals surface area (Å²) in [5.41, 5.74) is 6.47. The fourth-order valence-electron chi connectivity index (χ4n) is 1.83. The molecule has 0 spiro atoms. The van der Waals surface area contributed by atoms with E-state index in [0.717, 1.165) is 4.90 Å². The molecule has 0 fully saturated rings. The molecule has 5 heteroatoms. The third-order valence-electron chi connectivity index (χ3n) is 2.76. The molecular weight excluding hydrogens is 232 g/mol. The van der Waals surface area contributed by atoms with Gasteiger partial charge in [0.05, 0.1) is 12.7 Å². The zero-order chi connectivity index (χ0) is 13.1. The summed E-state index contributed by atoms with van der Waals surface area (Å²) in [7, 11) is 1.57. The standard InChI is InChI=1S/C13H14N2O3/c1-18-10-4-2-9(3-5-10)11-8-12(16)15(7-6-14)13(11)17/h2-5,8H,6-7,14H2,1H3. The van der Waals surface area contributed by atoms with E-state index < -0.39 is 0 Å². The highest BCUT2D eigenvalue weighted by Gasteiger charge is 2.30. The van der Waals surface area contributed by atoms with Crippen LogP contribution in [0.5, 0.6) is 5.75 Å². The topological polar surface area (TPSA) is 72.6 Å². The monoisotopic (exact) mass is 246 g/mol. The molecule has 2 rings (SSSR count). The van der Waals surface area contributed by atoms with E-state index in [-0.39, 0.29) is 24.9 Å². The third-order valence-corrected chi connectivity index (χ3v) is 2.76. The molecule has 2 amide bonds. The number of nitrogens with zero attached hydrogens (tertiary/aromatic N) is 1. The first-order valence-electron chi connectivity index (χ1n) is 5.59. The minimum absolute atomic E-state index is 0.244. The lowest BCUT2D eigenvalue weighted by Gasteiger charge is -2.13. The first kappa shape index (κ1) is 12.3. The van der Waals surface area contributed by atoms with Crippen LogP contribution in [0.15, 0.2) is 30.3 Å². The molecular formula is C13H14N2O3. The Morgan fingerprint density at radius 2 is 1.89 bits per heavy atom. The summed E-state index contributed by atoms with van der Waals surface area (Å²) < 4.78 is 5.04. The van der Waals surface area contributed by atoms with E-state index in [1.165, 1.54) is 6.08 Å². The van der Waals surface area contributed by atoms with Crippen molar-refractivity contribution in [3.8, 4) is 5.75 Å². The van der Waals surface area contributed by atoms with Crippen LogP contribution in [-0.4, -0.2) is 36.9 Å². The highest BCUT2D eigenvalue weighted by atomic mass is 16.5. The SMILES string of the molecule is COc1ccc(C2=CC(=O)N(CCN)C2=O)cc1. The van der Waals surface area contributed by atoms with E-state index in [4.69, 9.17) is 10.5 Å². The van der Waals surface area contributed by atoms with Crippen LogP contribution in [0.4, 0.5) is 0 Å². The molecule has 5 nitrogen and oxygen atoms in total. The predicted molar refractivity (Wildman–Crippen MR) is 66.7 cm³/mol. The first-order valence-corrected chi connectivity index (χ1v) is 5.59. The number of carbonyl (C=O) groups is 2. The lowest BCUT2D eigenvalue weighted by atomic mass is 10.1. The van der Waals surface area contributed by atoms with E-state index in [1.807, 2.05) is 0 Å². The fourth-order valence-corrected chi connectivity index (χ4v) is 1.83. The number of nitrogens with two attached hydrogens (primary N) is 1. The summed E-state index contributed by atoms with van der Waals surface area (Å²) in [6, 6.07) is 7.00. The van der Waals surface area contributed by atoms with Crippen LogP contribution in [0.3, 0.4) is 0 Å². The van der Waals surface area contributed by atoms with Gasteiger partial charge in [0.2, 0.25) is 0 Å². The van der Waals surface area contributed by atoms with E-state index in [1.54, 1.807) is 31.4 Å². The summed E-state index contributed by atoms with van der Waals surface area (Å²) in [6.07, 6.45) is 1.35. The van der Waals surface area contributed by atoms with Gasteiger partial charge in [-0.1, -0.05) is 12.1 Å². The Bertz CT molecular complexity index is 505. The average Bonchev–Trinajstić information content (AvgIpc) is 2.67. The molecule has 1 aliphatic rings. The minimum Gasteiger partial charge on any atom is -0.497 e. The summed E-state index contributed by atoms with van der Waals surface area (Å²) in [4.78, 5) is 24.8. The molecule has 0 bridgehead atoms. The Balaban J connectivity index is 2.26. The molecule has 1 aliphatic heterocycles. The number of imide groups is 1. The Morgan fingerprint density at radius 3 is 2.44 bits per heavy atom. The quantitative estimate of drug-likeness (QED) is 0.781. The Labute approximate surface area is 105 Å². The highest BCUT2D eigenvalue weighted by Crippen LogP contribution is 2.24. The van der Waals surface area contributed by atoms with Crippen molar-refractivity contribution in [1.82, 2.24) is 4.90 Å². The molecule has 0 saturated heterocycles. The smallest absolute Gasteiger partial charge is 0.261 e. The van der Waals surface area contributed by atoms with Crippen LogP contribution in [-0.2, 0) is 9.59 Å². The van der Waals surface area contributed by atoms with Crippen LogP contribution in [0.1, 0.15) is 5.56 Å². The van der Waals surface area contributed by atoms with Gasteiger partial charge in [-0.15, -0.1) is 0 Å². The Kier molecular flexibility index (Phi) is 3.43. The van der Waals surface area contributed by atoms with Crippen LogP contribution < -0.4 is 10.5 Å². The van der Waals surface area contributed by atoms with Crippen molar-refractivity contribution in [3.63, 3.8) is 0 Å². The fraction of sp³-hybridized carbons (Fsp3) is 0.231. The van der Waals surface area contributed by atoms with Gasteiger partial charge in [0, 0.05) is 19.2 Å². The van der Waals surface area contributed by atoms with Crippen LogP contribution >= 0.6 is 0 Å². The molecule has 1 aromatic rings. The molecule has 18 heavy (non-hydrogen) atoms. The second-order valence-corrected chi connectivity index (χ2v) is 3.87. The maximum Gasteiger partial charge on any atom is 0.261 e. The number of hydrogen-bond donors (Lipinski definition) is 1. The van der Waals surface area contributed by atoms with Crippen molar-refractivity contribution in [3.05, 3.63) is 35.9 Å². The second-order valence-electron chi connectivity index (χ2n) is 3.87. The van der Waals surface area contributed by atoms with Gasteiger partial charge >= 0.3 is 0 Å². The van der Waals surface area contributed by atoms with Crippen molar-refractivity contribution in [2.45, 2.75) is 0 Å². The van der Waals surface area contributed by atoms with Gasteiger partial charge in [0.25, 0.3) is 11.8 Å². The Hall–Kier alpha value is -2.14. The zero-order valence-electron chi connectivity index (χ0n) is 10.1. The van der Waals surface area contributed by atoms with E-state index >= 15 is 0 Å². The van der Waals surface area contributed by atoms with Gasteiger partial charge in [-0.05, 0) is 17.7 Å². The number of benzene rings is 1. The molecule has 0 radical (unpaired) electrons. The largest absolute Gasteiger partial charge is 0.497 e. The molecule has 0 aliphatic carbocycles. The summed E-state index contributed by atoms with van der Waals surface area (Å²) >= 11 is 0. The third kappa shape index (κ3) is 2.12. The Morgan fingerprint density at radius 1 is 1.22 bits per heavy atom. The number of rotatable bonds is 4. The number of carbonyl (C=O) groups excluding carboxylic acids is 2. The van der Waals surface area contributed by atoms with E-state index in [9.17, 15) is 9.59 Å². The van der Waals surface area contributed by atoms with Crippen LogP contribution in [0, 0.1) is 0 Å². The first-order chi connectivity index (χ1) is 8.67. The molecule has 0 atom stereocenters. The maximum absolute atomic E-state index is 12.0.